The minimum atomic E-state index is -6.93. The van der Waals surface area contributed by atoms with Gasteiger partial charge in [0.05, 0.1) is 23.6 Å². The highest BCUT2D eigenvalue weighted by Gasteiger charge is 2.52. The summed E-state index contributed by atoms with van der Waals surface area (Å²) in [7, 11) is -18.6. The summed E-state index contributed by atoms with van der Waals surface area (Å²) in [6.07, 6.45) is 0. The molecule has 0 aromatic heterocycles. The van der Waals surface area contributed by atoms with Crippen LogP contribution in [0.2, 0.25) is 20.1 Å². The van der Waals surface area contributed by atoms with Crippen molar-refractivity contribution in [2.75, 3.05) is 0 Å². The standard InChI is InChI=1S/C14H6Cl4F3O6S3/c15-7-1-8(16)4-11(3-7)28(22,23)13(30(26,27)14(19,20)21)29(24,25)12-5-9(17)2-10(18)6-12/h1-6H/q-1. The first kappa shape index (κ1) is 25.5. The Morgan fingerprint density at radius 2 is 0.867 bits per heavy atom. The third-order valence-electron chi connectivity index (χ3n) is 3.26. The monoisotopic (exact) mass is 563 g/mol. The quantitative estimate of drug-likeness (QED) is 0.477. The predicted molar refractivity (Wildman–Crippen MR) is 106 cm³/mol. The van der Waals surface area contributed by atoms with Gasteiger partial charge in [0.2, 0.25) is 0 Å². The van der Waals surface area contributed by atoms with Gasteiger partial charge in [-0.3, -0.25) is 25.3 Å². The molecule has 2 rings (SSSR count). The van der Waals surface area contributed by atoms with Crippen LogP contribution in [0.5, 0.6) is 0 Å². The molecular weight excluding hydrogens is 559 g/mol. The lowest BCUT2D eigenvalue weighted by atomic mass is 10.4. The summed E-state index contributed by atoms with van der Waals surface area (Å²) in [6, 6.07) is 4.13. The van der Waals surface area contributed by atoms with Gasteiger partial charge in [-0.1, -0.05) is 46.4 Å². The molecule has 6 nitrogen and oxygen atoms in total. The summed E-state index contributed by atoms with van der Waals surface area (Å²) in [6.45, 7) is 0. The van der Waals surface area contributed by atoms with Crippen molar-refractivity contribution >= 4 is 75.9 Å². The van der Waals surface area contributed by atoms with Crippen molar-refractivity contribution in [3.8, 4) is 0 Å². The second-order valence-corrected chi connectivity index (χ2v) is 13.6. The summed E-state index contributed by atoms with van der Waals surface area (Å²) in [5.74, 6) is 0. The van der Waals surface area contributed by atoms with Gasteiger partial charge in [-0.25, -0.2) is 0 Å². The Morgan fingerprint density at radius 1 is 0.600 bits per heavy atom. The lowest BCUT2D eigenvalue weighted by Gasteiger charge is -2.31. The second-order valence-electron chi connectivity index (χ2n) is 5.42. The maximum Gasteiger partial charge on any atom is 0.470 e. The summed E-state index contributed by atoms with van der Waals surface area (Å²) in [5.41, 5.74) is -6.28. The van der Waals surface area contributed by atoms with Gasteiger partial charge in [-0.05, 0) is 36.4 Å². The minimum absolute atomic E-state index is 0.409. The first-order chi connectivity index (χ1) is 13.4. The maximum atomic E-state index is 13.3. The number of sulfone groups is 3. The van der Waals surface area contributed by atoms with E-state index in [1.54, 1.807) is 0 Å². The zero-order chi connectivity index (χ0) is 23.3. The molecule has 2 aromatic carbocycles. The highest BCUT2D eigenvalue weighted by molar-refractivity contribution is 8.29. The van der Waals surface area contributed by atoms with E-state index in [1.165, 1.54) is 0 Å². The topological polar surface area (TPSA) is 102 Å². The van der Waals surface area contributed by atoms with Crippen LogP contribution in [0.3, 0.4) is 0 Å². The molecule has 0 aliphatic heterocycles. The van der Waals surface area contributed by atoms with Crippen LogP contribution in [0.4, 0.5) is 13.2 Å². The summed E-state index contributed by atoms with van der Waals surface area (Å²) in [5, 5.41) is -1.64. The number of hydrogen-bond acceptors (Lipinski definition) is 6. The molecule has 0 spiro atoms. The molecule has 0 heterocycles. The second kappa shape index (κ2) is 8.30. The Balaban J connectivity index is 2.96. The van der Waals surface area contributed by atoms with Crippen molar-refractivity contribution in [3.05, 3.63) is 60.4 Å². The molecule has 0 radical (unpaired) electrons. The van der Waals surface area contributed by atoms with Gasteiger partial charge in [0.15, 0.2) is 9.84 Å². The van der Waals surface area contributed by atoms with E-state index in [1.807, 2.05) is 0 Å². The van der Waals surface area contributed by atoms with E-state index in [4.69, 9.17) is 46.4 Å². The molecule has 0 unspecified atom stereocenters. The van der Waals surface area contributed by atoms with Gasteiger partial charge < -0.3 is 0 Å². The van der Waals surface area contributed by atoms with Crippen LogP contribution in [0.15, 0.2) is 46.2 Å². The molecule has 0 bridgehead atoms. The highest BCUT2D eigenvalue weighted by atomic mass is 35.5. The average molecular weight is 565 g/mol. The molecule has 0 N–H and O–H groups in total. The zero-order valence-electron chi connectivity index (χ0n) is 13.8. The van der Waals surface area contributed by atoms with Crippen LogP contribution in [0, 0.1) is 3.91 Å². The molecule has 0 saturated heterocycles. The number of halogens is 7. The third kappa shape index (κ3) is 4.84. The van der Waals surface area contributed by atoms with Crippen LogP contribution >= 0.6 is 46.4 Å². The maximum absolute atomic E-state index is 13.3. The molecule has 0 amide bonds. The average Bonchev–Trinajstić information content (AvgIpc) is 2.51. The van der Waals surface area contributed by atoms with E-state index >= 15 is 0 Å². The molecular formula is C14H6Cl4F3O6S3-. The van der Waals surface area contributed by atoms with E-state index in [0.717, 1.165) is 12.1 Å². The summed E-state index contributed by atoms with van der Waals surface area (Å²) >= 11 is 22.5. The Labute approximate surface area is 189 Å². The highest BCUT2D eigenvalue weighted by Crippen LogP contribution is 2.44. The molecule has 0 saturated carbocycles. The van der Waals surface area contributed by atoms with Crippen molar-refractivity contribution in [2.45, 2.75) is 15.3 Å². The smallest absolute Gasteiger partial charge is 0.255 e. The van der Waals surface area contributed by atoms with Gasteiger partial charge in [0.1, 0.15) is 0 Å². The lowest BCUT2D eigenvalue weighted by molar-refractivity contribution is -0.0427. The van der Waals surface area contributed by atoms with Crippen molar-refractivity contribution in [1.29, 1.82) is 0 Å². The van der Waals surface area contributed by atoms with Crippen LogP contribution in [0.25, 0.3) is 0 Å². The van der Waals surface area contributed by atoms with Gasteiger partial charge in [-0.2, -0.15) is 13.2 Å². The summed E-state index contributed by atoms with van der Waals surface area (Å²) < 4.78 is 112. The molecule has 16 heteroatoms. The van der Waals surface area contributed by atoms with E-state index in [0.29, 0.717) is 24.3 Å². The molecule has 0 aliphatic carbocycles. The predicted octanol–water partition coefficient (Wildman–Crippen LogP) is 4.93. The van der Waals surface area contributed by atoms with E-state index in [2.05, 4.69) is 0 Å². The zero-order valence-corrected chi connectivity index (χ0v) is 19.3. The van der Waals surface area contributed by atoms with Crippen LogP contribution < -0.4 is 0 Å². The number of hydrogen-bond donors (Lipinski definition) is 0. The van der Waals surface area contributed by atoms with E-state index in [-0.39, 0.29) is 0 Å². The summed E-state index contributed by atoms with van der Waals surface area (Å²) in [4.78, 5) is -2.39. The Morgan fingerprint density at radius 3 is 1.10 bits per heavy atom. The van der Waals surface area contributed by atoms with Crippen LogP contribution in [-0.2, 0) is 29.5 Å². The first-order valence-electron chi connectivity index (χ1n) is 7.01. The normalized spacial score (nSPS) is 13.6. The molecule has 0 aliphatic rings. The van der Waals surface area contributed by atoms with Crippen LogP contribution in [0.1, 0.15) is 0 Å². The van der Waals surface area contributed by atoms with E-state index < -0.39 is 68.8 Å². The van der Waals surface area contributed by atoms with E-state index in [9.17, 15) is 38.4 Å². The molecule has 166 valence electrons. The molecule has 0 fully saturated rings. The Bertz CT molecular complexity index is 1200. The number of benzene rings is 2. The minimum Gasteiger partial charge on any atom is -0.255 e. The molecule has 2 aromatic rings. The van der Waals surface area contributed by atoms with Crippen LogP contribution in [-0.4, -0.2) is 30.8 Å². The van der Waals surface area contributed by atoms with Gasteiger partial charge in [-0.15, -0.1) is 0 Å². The fourth-order valence-corrected chi connectivity index (χ4v) is 10.3. The SMILES string of the molecule is O=S(=O)(c1cc(Cl)cc(Cl)c1)[C-](S(=O)(=O)c1cc(Cl)cc(Cl)c1)S(=O)(=O)C(F)(F)F. The van der Waals surface area contributed by atoms with Crippen molar-refractivity contribution in [2.24, 2.45) is 0 Å². The third-order valence-corrected chi connectivity index (χ3v) is 11.7. The fourth-order valence-electron chi connectivity index (χ4n) is 2.09. The molecule has 30 heavy (non-hydrogen) atoms. The van der Waals surface area contributed by atoms with Crippen molar-refractivity contribution < 1.29 is 38.4 Å². The number of rotatable bonds is 5. The Kier molecular flexibility index (Phi) is 7.06. The van der Waals surface area contributed by atoms with Crippen molar-refractivity contribution in [3.63, 3.8) is 0 Å². The molecule has 0 atom stereocenters. The van der Waals surface area contributed by atoms with Gasteiger partial charge in [0.25, 0.3) is 0 Å². The fraction of sp³-hybridized carbons (Fsp3) is 0.0714. The first-order valence-corrected chi connectivity index (χ1v) is 13.0. The van der Waals surface area contributed by atoms with Crippen molar-refractivity contribution in [1.82, 2.24) is 0 Å². The van der Waals surface area contributed by atoms with Gasteiger partial charge >= 0.3 is 5.51 Å². The largest absolute Gasteiger partial charge is 0.470 e. The lowest BCUT2D eigenvalue weighted by Crippen LogP contribution is -2.38. The Hall–Kier alpha value is -0.760. The number of alkyl halides is 3. The van der Waals surface area contributed by atoms with Gasteiger partial charge in [0, 0.05) is 29.9 Å².